The number of hydrogen-bond donors (Lipinski definition) is 4. The number of thiol groups is 4. The standard InChI is InChI=1S/4C20H38O2S.2C8H15O2.S.2Sn/c4*1-2-3-4-5-6-7-8-9-10-11-12-13-14-15-16-19(17-18-23)20(21)22;2*1-3-5-7-10-8(9)6-4-2;;;/h4*9-10,19,23H,2-8,11-18H2,1H3,(H,21,22);2*2-7H2,1H3;;;/q;;;;;;-2;2*+1/p-4/b4*10-9-;;;;;. The van der Waals surface area contributed by atoms with Crippen LogP contribution in [0.25, 0.3) is 0 Å². The van der Waals surface area contributed by atoms with E-state index >= 15 is 0 Å². The summed E-state index contributed by atoms with van der Waals surface area (Å²) in [5.74, 6) is -2.37. The van der Waals surface area contributed by atoms with E-state index in [0.29, 0.717) is 74.8 Å². The molecule has 19 heteroatoms. The van der Waals surface area contributed by atoms with Crippen LogP contribution in [0.4, 0.5) is 0 Å². The van der Waals surface area contributed by atoms with Crippen LogP contribution >= 0.6 is 50.5 Å². The van der Waals surface area contributed by atoms with E-state index in [4.69, 9.17) is 9.47 Å². The molecular formula is C96H178O12S5Sn2-4. The number of ether oxygens (including phenoxy) is 2. The van der Waals surface area contributed by atoms with Crippen LogP contribution in [0.3, 0.4) is 0 Å². The van der Waals surface area contributed by atoms with Crippen LogP contribution in [0.1, 0.15) is 452 Å². The summed E-state index contributed by atoms with van der Waals surface area (Å²) in [6.45, 7) is 14.4. The number of unbranched alkanes of at least 4 members (excludes halogenated alkanes) is 42. The van der Waals surface area contributed by atoms with Crippen LogP contribution in [0.15, 0.2) is 48.6 Å². The maximum atomic E-state index is 10.9. The van der Waals surface area contributed by atoms with Crippen LogP contribution in [-0.2, 0) is 51.7 Å². The van der Waals surface area contributed by atoms with Gasteiger partial charge < -0.3 is 53.1 Å². The van der Waals surface area contributed by atoms with Crippen molar-refractivity contribution in [2.24, 2.45) is 23.7 Å². The Morgan fingerprint density at radius 1 is 0.252 bits per heavy atom. The summed E-state index contributed by atoms with van der Waals surface area (Å²) in [4.78, 5) is 65.3. The number of carboxylic acid groups (broad SMARTS) is 4. The fraction of sp³-hybridized carbons (Fsp3) is 0.854. The van der Waals surface area contributed by atoms with Gasteiger partial charge in [0, 0.05) is 23.9 Å². The van der Waals surface area contributed by atoms with Gasteiger partial charge in [-0.15, -0.1) is 0 Å². The molecule has 0 spiro atoms. The number of esters is 2. The summed E-state index contributed by atoms with van der Waals surface area (Å²) >= 11 is 19.4. The minimum absolute atomic E-state index is 0. The van der Waals surface area contributed by atoms with Crippen molar-refractivity contribution in [2.45, 2.75) is 461 Å². The molecule has 0 N–H and O–H groups in total. The first-order valence-electron chi connectivity index (χ1n) is 47.0. The van der Waals surface area contributed by atoms with Crippen molar-refractivity contribution < 1.29 is 58.7 Å². The topological polar surface area (TPSA) is 213 Å². The molecule has 676 valence electrons. The molecule has 0 aliphatic heterocycles. The largest absolute Gasteiger partial charge is 2.00 e. The van der Waals surface area contributed by atoms with Gasteiger partial charge in [0.05, 0.1) is 0 Å². The van der Waals surface area contributed by atoms with Gasteiger partial charge in [-0.3, -0.25) is 0 Å². The van der Waals surface area contributed by atoms with Gasteiger partial charge in [0.2, 0.25) is 0 Å². The molecule has 4 radical (unpaired) electrons. The van der Waals surface area contributed by atoms with E-state index < -0.39 is 23.9 Å². The number of rotatable bonds is 80. The Kier molecular flexibility index (Phi) is 127. The Bertz CT molecular complexity index is 1830. The molecule has 0 saturated heterocycles. The Labute approximate surface area is 766 Å². The molecule has 0 amide bonds. The van der Waals surface area contributed by atoms with E-state index in [2.05, 4.69) is 141 Å². The molecule has 0 heterocycles. The molecule has 4 atom stereocenters. The molecule has 115 heavy (non-hydrogen) atoms. The third-order valence-electron chi connectivity index (χ3n) is 20.1. The second kappa shape index (κ2) is 115. The fourth-order valence-corrected chi connectivity index (χ4v) is 14.8. The fourth-order valence-electron chi connectivity index (χ4n) is 12.6. The van der Waals surface area contributed by atoms with E-state index in [9.17, 15) is 49.2 Å². The van der Waals surface area contributed by atoms with Crippen LogP contribution in [0.2, 0.25) is 8.87 Å². The van der Waals surface area contributed by atoms with E-state index in [0.717, 1.165) is 150 Å². The van der Waals surface area contributed by atoms with Crippen molar-refractivity contribution in [1.82, 2.24) is 0 Å². The molecule has 4 unspecified atom stereocenters. The van der Waals surface area contributed by atoms with Gasteiger partial charge in [-0.25, -0.2) is 0 Å². The van der Waals surface area contributed by atoms with Gasteiger partial charge in [0.1, 0.15) is 0 Å². The maximum Gasteiger partial charge on any atom is -2.00 e. The number of aliphatic carboxylic acids is 4. The normalized spacial score (nSPS) is 12.1. The monoisotopic (exact) mass is 1920 g/mol. The minimum atomic E-state index is -0.906. The predicted octanol–water partition coefficient (Wildman–Crippen LogP) is 24.7. The molecule has 0 aromatic rings. The van der Waals surface area contributed by atoms with Crippen LogP contribution in [0.5, 0.6) is 0 Å². The Balaban J connectivity index is -0.000000248. The summed E-state index contributed by atoms with van der Waals surface area (Å²) < 4.78 is 12.2. The average Bonchev–Trinajstić information content (AvgIpc) is 0.992. The number of allylic oxidation sites excluding steroid dienone is 8. The molecule has 0 aliphatic rings. The average molecular weight is 1920 g/mol. The van der Waals surface area contributed by atoms with Crippen molar-refractivity contribution in [3.63, 3.8) is 0 Å². The van der Waals surface area contributed by atoms with Crippen molar-refractivity contribution in [3.05, 3.63) is 48.6 Å². The third-order valence-corrected chi connectivity index (χ3v) is 23.2. The quantitative estimate of drug-likeness (QED) is 0.0147. The second-order valence-electron chi connectivity index (χ2n) is 31.0. The van der Waals surface area contributed by atoms with Crippen molar-refractivity contribution >= 4 is 145 Å². The SMILES string of the molecule is CCCCCCCC/C=C\CCCCCCC(CCS)C(=O)[O-].CCCCCCCC/C=C\CCCCCCC(CCS)C(=O)[O-].CCCCCCCC/C=C\CCCCCCC(CCS)C(=O)[O-].CCCCCCCC/C=C\CCCCCCC(CCS)C(=O)[O-].CCCCOC(=O)CC[CH2][Sn+].CCCCOC(=O)CC[CH2][Sn+].[S-2]. The van der Waals surface area contributed by atoms with Crippen molar-refractivity contribution in [1.29, 1.82) is 0 Å². The number of hydrogen-bond acceptors (Lipinski definition) is 16. The zero-order valence-electron chi connectivity index (χ0n) is 74.9. The Morgan fingerprint density at radius 2 is 0.417 bits per heavy atom. The first-order chi connectivity index (χ1) is 55.5. The van der Waals surface area contributed by atoms with E-state index in [-0.39, 0.29) is 49.1 Å². The van der Waals surface area contributed by atoms with E-state index in [1.165, 1.54) is 276 Å². The molecule has 0 aliphatic carbocycles. The number of carboxylic acids is 4. The second-order valence-corrected chi connectivity index (χ2v) is 35.7. The predicted molar refractivity (Wildman–Crippen MR) is 506 cm³/mol. The number of carbonyl (C=O) groups is 6. The Hall–Kier alpha value is -0.873. The number of carbonyl (C=O) groups excluding carboxylic acids is 6. The molecule has 0 bridgehead atoms. The summed E-state index contributed by atoms with van der Waals surface area (Å²) in [7, 11) is 0. The van der Waals surface area contributed by atoms with Gasteiger partial charge in [-0.2, -0.15) is 50.5 Å². The maximum absolute atomic E-state index is 10.9. The third kappa shape index (κ3) is 117. The van der Waals surface area contributed by atoms with Crippen LogP contribution in [0, 0.1) is 23.7 Å². The first kappa shape index (κ1) is 127. The van der Waals surface area contributed by atoms with Crippen molar-refractivity contribution in [3.8, 4) is 0 Å². The van der Waals surface area contributed by atoms with Crippen LogP contribution in [-0.4, -0.2) is 117 Å². The van der Waals surface area contributed by atoms with Crippen LogP contribution < -0.4 is 20.4 Å². The smallest absolute Gasteiger partial charge is 2.00 e. The molecule has 0 rings (SSSR count). The van der Waals surface area contributed by atoms with E-state index in [1.54, 1.807) is 0 Å². The van der Waals surface area contributed by atoms with Gasteiger partial charge in [0.25, 0.3) is 0 Å². The summed E-state index contributed by atoms with van der Waals surface area (Å²) in [6.07, 6.45) is 91.9. The summed E-state index contributed by atoms with van der Waals surface area (Å²) in [6, 6.07) is 0. The molecule has 0 fully saturated rings. The molecule has 12 nitrogen and oxygen atoms in total. The molecule has 0 saturated carbocycles. The van der Waals surface area contributed by atoms with Crippen molar-refractivity contribution in [2.75, 3.05) is 36.2 Å². The minimum Gasteiger partial charge on any atom is -2.00 e. The summed E-state index contributed by atoms with van der Waals surface area (Å²) in [5.41, 5.74) is 0. The zero-order valence-corrected chi connectivity index (χ0v) is 85.0. The first-order valence-corrected chi connectivity index (χ1v) is 53.5. The van der Waals surface area contributed by atoms with Gasteiger partial charge in [-0.1, -0.05) is 282 Å². The summed E-state index contributed by atoms with van der Waals surface area (Å²) in [5, 5.41) is 43.6. The molecule has 0 aromatic carbocycles. The van der Waals surface area contributed by atoms with Gasteiger partial charge in [0.15, 0.2) is 0 Å². The Morgan fingerprint density at radius 3 is 0.574 bits per heavy atom. The van der Waals surface area contributed by atoms with E-state index in [1.807, 2.05) is 0 Å². The molecular weight excluding hydrogens is 1740 g/mol. The molecule has 0 aromatic heterocycles. The zero-order chi connectivity index (χ0) is 85.8. The van der Waals surface area contributed by atoms with Gasteiger partial charge >= 0.3 is 163 Å². The van der Waals surface area contributed by atoms with Gasteiger partial charge in [-0.05, 0) is 201 Å².